The van der Waals surface area contributed by atoms with Gasteiger partial charge in [-0.25, -0.2) is 4.57 Å². The first-order valence-corrected chi connectivity index (χ1v) is 8.81. The molecule has 1 aromatic carbocycles. The Labute approximate surface area is 135 Å². The largest absolute Gasteiger partial charge is 0.446 e. The van der Waals surface area contributed by atoms with Gasteiger partial charge in [-0.1, -0.05) is 29.8 Å². The van der Waals surface area contributed by atoms with Gasteiger partial charge < -0.3 is 19.7 Å². The zero-order chi connectivity index (χ0) is 17.5. The molecular weight excluding hydrogens is 319 g/mol. The van der Waals surface area contributed by atoms with Gasteiger partial charge in [0.1, 0.15) is 0 Å². The highest BCUT2D eigenvalue weighted by molar-refractivity contribution is 7.74. The number of Topliss-reactive ketones (excluding diaryl/α,β-unsaturated/α-hetero) is 1. The summed E-state index contributed by atoms with van der Waals surface area (Å²) in [7, 11) is -4.00. The molecule has 1 aromatic rings. The Morgan fingerprint density at radius 1 is 1.26 bits per heavy atom. The fourth-order valence-corrected chi connectivity index (χ4v) is 3.44. The van der Waals surface area contributed by atoms with Crippen LogP contribution in [-0.2, 0) is 18.4 Å². The van der Waals surface area contributed by atoms with Crippen molar-refractivity contribution in [2.75, 3.05) is 13.2 Å². The third-order valence-electron chi connectivity index (χ3n) is 3.04. The van der Waals surface area contributed by atoms with E-state index in [0.717, 1.165) is 5.56 Å². The maximum atomic E-state index is 12.5. The Hall–Kier alpha value is -1.62. The van der Waals surface area contributed by atoms with Crippen LogP contribution in [0.15, 0.2) is 24.3 Å². The first-order chi connectivity index (χ1) is 10.9. The normalized spacial score (nSPS) is 12.5. The van der Waals surface area contributed by atoms with Crippen LogP contribution in [0.25, 0.3) is 5.53 Å². The minimum atomic E-state index is -4.00. The number of hydrogen-bond donors (Lipinski definition) is 1. The highest BCUT2D eigenvalue weighted by atomic mass is 31.2. The molecule has 0 fully saturated rings. The molecule has 7 nitrogen and oxygen atoms in total. The van der Waals surface area contributed by atoms with Crippen LogP contribution in [0.3, 0.4) is 0 Å². The lowest BCUT2D eigenvalue weighted by molar-refractivity contribution is -0.118. The maximum Gasteiger partial charge on any atom is 0.446 e. The summed E-state index contributed by atoms with van der Waals surface area (Å²) >= 11 is 0. The second-order valence-electron chi connectivity index (χ2n) is 4.81. The second-order valence-corrected chi connectivity index (χ2v) is 6.75. The van der Waals surface area contributed by atoms with Gasteiger partial charge in [0.25, 0.3) is 5.78 Å². The number of hydrogen-bond acceptors (Lipinski definition) is 5. The molecule has 23 heavy (non-hydrogen) atoms. The van der Waals surface area contributed by atoms with E-state index >= 15 is 0 Å². The summed E-state index contributed by atoms with van der Waals surface area (Å²) in [6.45, 7) is 5.09. The number of aliphatic hydroxyl groups is 1. The monoisotopic (exact) mass is 340 g/mol. The first-order valence-electron chi connectivity index (χ1n) is 7.27. The summed E-state index contributed by atoms with van der Waals surface area (Å²) in [5, 5.41) is 10.1. The lowest BCUT2D eigenvalue weighted by atomic mass is 10.0. The van der Waals surface area contributed by atoms with Crippen molar-refractivity contribution in [2.45, 2.75) is 33.3 Å². The van der Waals surface area contributed by atoms with Crippen LogP contribution < -0.4 is 0 Å². The fourth-order valence-electron chi connectivity index (χ4n) is 1.94. The molecule has 0 saturated carbocycles. The molecule has 0 aliphatic heterocycles. The average molecular weight is 340 g/mol. The smallest absolute Gasteiger partial charge is 0.388 e. The summed E-state index contributed by atoms with van der Waals surface area (Å²) in [6, 6.07) is 6.98. The molecule has 0 heterocycles. The van der Waals surface area contributed by atoms with E-state index in [0.29, 0.717) is 5.56 Å². The fraction of sp³-hybridized carbons (Fsp3) is 0.467. The Bertz CT molecular complexity index is 628. The van der Waals surface area contributed by atoms with Gasteiger partial charge in [0.05, 0.1) is 19.3 Å². The number of rotatable bonds is 9. The molecule has 1 atom stereocenters. The Morgan fingerprint density at radius 3 is 2.22 bits per heavy atom. The third-order valence-corrected chi connectivity index (χ3v) is 5.10. The van der Waals surface area contributed by atoms with Gasteiger partial charge in [0, 0.05) is 6.42 Å². The minimum Gasteiger partial charge on any atom is -0.388 e. The highest BCUT2D eigenvalue weighted by Gasteiger charge is 2.45. The van der Waals surface area contributed by atoms with Crippen LogP contribution in [0, 0.1) is 6.92 Å². The number of ketones is 1. The molecule has 1 rings (SSSR count). The van der Waals surface area contributed by atoms with Crippen molar-refractivity contribution >= 4 is 18.8 Å². The van der Waals surface area contributed by atoms with E-state index in [2.05, 4.69) is 4.79 Å². The van der Waals surface area contributed by atoms with E-state index < -0.39 is 31.4 Å². The molecule has 0 saturated heterocycles. The van der Waals surface area contributed by atoms with Crippen LogP contribution >= 0.6 is 7.60 Å². The van der Waals surface area contributed by atoms with Crippen molar-refractivity contribution in [2.24, 2.45) is 0 Å². The number of aliphatic hydroxyl groups excluding tert-OH is 1. The minimum absolute atomic E-state index is 0.0179. The van der Waals surface area contributed by atoms with E-state index in [1.165, 1.54) is 0 Å². The standard InChI is InChI=1S/C15H21N2O5P/c1-4-21-23(20,22-5-2)15(17-16)14(19)10-13(18)12-8-6-11(3)7-9-12/h6-9,13,18H,4-5,10H2,1-3H3. The van der Waals surface area contributed by atoms with Crippen molar-refractivity contribution in [3.63, 3.8) is 0 Å². The van der Waals surface area contributed by atoms with Gasteiger partial charge in [-0.05, 0) is 26.3 Å². The molecule has 126 valence electrons. The lowest BCUT2D eigenvalue weighted by Gasteiger charge is -2.13. The Morgan fingerprint density at radius 2 is 1.78 bits per heavy atom. The molecular formula is C15H21N2O5P. The van der Waals surface area contributed by atoms with Crippen LogP contribution in [-0.4, -0.2) is 34.3 Å². The molecule has 1 N–H and O–H groups in total. The zero-order valence-corrected chi connectivity index (χ0v) is 14.3. The summed E-state index contributed by atoms with van der Waals surface area (Å²) in [6.07, 6.45) is -1.51. The van der Waals surface area contributed by atoms with Crippen molar-refractivity contribution in [3.8, 4) is 0 Å². The molecule has 1 unspecified atom stereocenters. The van der Waals surface area contributed by atoms with Gasteiger partial charge in [0.2, 0.25) is 0 Å². The van der Waals surface area contributed by atoms with E-state index in [1.54, 1.807) is 38.1 Å². The zero-order valence-electron chi connectivity index (χ0n) is 13.4. The number of carbonyl (C=O) groups excluding carboxylic acids is 1. The van der Waals surface area contributed by atoms with E-state index in [-0.39, 0.29) is 13.2 Å². The number of benzene rings is 1. The number of aryl methyl sites for hydroxylation is 1. The predicted octanol–water partition coefficient (Wildman–Crippen LogP) is 2.88. The van der Waals surface area contributed by atoms with Gasteiger partial charge in [-0.15, -0.1) is 0 Å². The van der Waals surface area contributed by atoms with E-state index in [9.17, 15) is 14.5 Å². The van der Waals surface area contributed by atoms with Crippen molar-refractivity contribution in [1.82, 2.24) is 0 Å². The molecule has 0 aromatic heterocycles. The number of nitrogens with zero attached hydrogens (tertiary/aromatic N) is 2. The van der Waals surface area contributed by atoms with Crippen molar-refractivity contribution < 1.29 is 28.3 Å². The highest BCUT2D eigenvalue weighted by Crippen LogP contribution is 2.49. The van der Waals surface area contributed by atoms with Gasteiger partial charge >= 0.3 is 13.0 Å². The molecule has 0 spiro atoms. The predicted molar refractivity (Wildman–Crippen MR) is 85.2 cm³/mol. The lowest BCUT2D eigenvalue weighted by Crippen LogP contribution is -2.21. The molecule has 8 heteroatoms. The van der Waals surface area contributed by atoms with Crippen LogP contribution in [0.1, 0.15) is 37.5 Å². The summed E-state index contributed by atoms with van der Waals surface area (Å²) < 4.78 is 22.5. The van der Waals surface area contributed by atoms with E-state index in [4.69, 9.17) is 14.6 Å². The van der Waals surface area contributed by atoms with Crippen molar-refractivity contribution in [3.05, 3.63) is 40.9 Å². The molecule has 0 radical (unpaired) electrons. The topological polar surface area (TPSA) is 109 Å². The Kier molecular flexibility index (Phi) is 7.49. The molecule has 0 amide bonds. The van der Waals surface area contributed by atoms with Crippen molar-refractivity contribution in [1.29, 1.82) is 0 Å². The first kappa shape index (κ1) is 19.4. The van der Waals surface area contributed by atoms with Crippen LogP contribution in [0.4, 0.5) is 0 Å². The summed E-state index contributed by atoms with van der Waals surface area (Å²) in [5.74, 6) is -0.800. The molecule has 0 aliphatic carbocycles. The SMILES string of the molecule is CCOP(=O)(OCC)C(=[N+]=[N-])C(=O)CC(O)c1ccc(C)cc1. The van der Waals surface area contributed by atoms with Crippen LogP contribution in [0.2, 0.25) is 0 Å². The van der Waals surface area contributed by atoms with Gasteiger partial charge in [-0.3, -0.25) is 4.79 Å². The molecule has 0 bridgehead atoms. The quantitative estimate of drug-likeness (QED) is 0.322. The Balaban J connectivity index is 2.94. The maximum absolute atomic E-state index is 12.5. The molecule has 0 aliphatic rings. The number of carbonyl (C=O) groups is 1. The van der Waals surface area contributed by atoms with Gasteiger partial charge in [-0.2, -0.15) is 4.79 Å². The van der Waals surface area contributed by atoms with Gasteiger partial charge in [0.15, 0.2) is 0 Å². The average Bonchev–Trinajstić information content (AvgIpc) is 2.48. The second kappa shape index (κ2) is 8.87. The third kappa shape index (κ3) is 5.20. The summed E-state index contributed by atoms with van der Waals surface area (Å²) in [4.78, 5) is 15.0. The summed E-state index contributed by atoms with van der Waals surface area (Å²) in [5.41, 5.74) is 9.90. The van der Waals surface area contributed by atoms with Crippen LogP contribution in [0.5, 0.6) is 0 Å². The van der Waals surface area contributed by atoms with E-state index in [1.807, 2.05) is 6.92 Å².